The van der Waals surface area contributed by atoms with Gasteiger partial charge < -0.3 is 16.0 Å². The molecule has 0 spiro atoms. The van der Waals surface area contributed by atoms with E-state index in [-0.39, 0.29) is 42.6 Å². The summed E-state index contributed by atoms with van der Waals surface area (Å²) < 4.78 is 0. The van der Waals surface area contributed by atoms with Gasteiger partial charge in [0.1, 0.15) is 5.82 Å². The van der Waals surface area contributed by atoms with Crippen molar-refractivity contribution in [3.8, 4) is 0 Å². The monoisotopic (exact) mass is 494 g/mol. The van der Waals surface area contributed by atoms with Crippen molar-refractivity contribution < 1.29 is 4.79 Å². The third-order valence-corrected chi connectivity index (χ3v) is 6.18. The number of amides is 1. The molecule has 1 aromatic carbocycles. The third-order valence-electron chi connectivity index (χ3n) is 6.18. The van der Waals surface area contributed by atoms with Crippen LogP contribution in [0.4, 0.5) is 5.82 Å². The summed E-state index contributed by atoms with van der Waals surface area (Å²) >= 11 is 0. The van der Waals surface area contributed by atoms with Gasteiger partial charge in [0.05, 0.1) is 11.4 Å². The summed E-state index contributed by atoms with van der Waals surface area (Å²) in [5.41, 5.74) is 1.95. The molecule has 7 nitrogen and oxygen atoms in total. The number of hydrogen-bond acceptors (Lipinski definition) is 6. The molecule has 1 aliphatic carbocycles. The summed E-state index contributed by atoms with van der Waals surface area (Å²) in [6.07, 6.45) is 8.76. The van der Waals surface area contributed by atoms with Crippen LogP contribution in [0.2, 0.25) is 0 Å². The Morgan fingerprint density at radius 3 is 2.52 bits per heavy atom. The normalized spacial score (nSPS) is 19.8. The molecule has 1 saturated carbocycles. The largest absolute Gasteiger partial charge is 0.369 e. The zero-order chi connectivity index (χ0) is 21.6. The van der Waals surface area contributed by atoms with Crippen LogP contribution in [0.15, 0.2) is 23.2 Å². The van der Waals surface area contributed by atoms with Crippen LogP contribution in [-0.4, -0.2) is 46.9 Å². The van der Waals surface area contributed by atoms with Crippen molar-refractivity contribution in [2.75, 3.05) is 18.4 Å². The van der Waals surface area contributed by atoms with Gasteiger partial charge in [0.2, 0.25) is 5.82 Å². The van der Waals surface area contributed by atoms with Crippen LogP contribution in [0.25, 0.3) is 10.9 Å². The number of aromatic nitrogens is 2. The maximum Gasteiger partial charge on any atom is 0.289 e. The minimum absolute atomic E-state index is 0. The molecule has 1 aliphatic heterocycles. The Kier molecular flexibility index (Phi) is 10.6. The molecule has 2 aliphatic rings. The molecule has 182 valence electrons. The van der Waals surface area contributed by atoms with Crippen molar-refractivity contribution in [1.82, 2.24) is 20.6 Å². The Bertz CT molecular complexity index is 967. The van der Waals surface area contributed by atoms with Crippen molar-refractivity contribution in [2.24, 2.45) is 4.99 Å². The lowest BCUT2D eigenvalue weighted by Gasteiger charge is -2.34. The van der Waals surface area contributed by atoms with Crippen LogP contribution in [0.3, 0.4) is 0 Å². The number of benzene rings is 1. The number of carbonyl (C=O) groups is 1. The Morgan fingerprint density at radius 2 is 1.82 bits per heavy atom. The summed E-state index contributed by atoms with van der Waals surface area (Å²) in [5.74, 6) is 1.91. The van der Waals surface area contributed by atoms with E-state index in [2.05, 4.69) is 50.8 Å². The van der Waals surface area contributed by atoms with E-state index in [0.717, 1.165) is 73.2 Å². The highest BCUT2D eigenvalue weighted by Gasteiger charge is 2.27. The molecule has 4 rings (SSSR count). The fourth-order valence-corrected chi connectivity index (χ4v) is 4.43. The number of halogens is 2. The van der Waals surface area contributed by atoms with Crippen LogP contribution in [0.5, 0.6) is 0 Å². The number of amidine groups is 1. The number of anilines is 1. The minimum atomic E-state index is -0.211. The number of carbonyl (C=O) groups excluding carboxylic acids is 1. The number of rotatable bonds is 7. The van der Waals surface area contributed by atoms with E-state index in [1.165, 1.54) is 12.8 Å². The first-order valence-electron chi connectivity index (χ1n) is 11.8. The summed E-state index contributed by atoms with van der Waals surface area (Å²) in [5, 5.41) is 11.3. The lowest BCUT2D eigenvalue weighted by molar-refractivity contribution is 0.0943. The van der Waals surface area contributed by atoms with Crippen LogP contribution < -0.4 is 16.0 Å². The quantitative estimate of drug-likeness (QED) is 0.480. The molecule has 1 fully saturated rings. The second kappa shape index (κ2) is 12.9. The maximum atomic E-state index is 12.7. The van der Waals surface area contributed by atoms with Crippen LogP contribution in [0, 0.1) is 6.92 Å². The Labute approximate surface area is 208 Å². The van der Waals surface area contributed by atoms with Gasteiger partial charge in [0.25, 0.3) is 5.91 Å². The van der Waals surface area contributed by atoms with Gasteiger partial charge in [0.15, 0.2) is 0 Å². The predicted octanol–water partition coefficient (Wildman–Crippen LogP) is 4.82. The van der Waals surface area contributed by atoms with Crippen molar-refractivity contribution in [3.05, 3.63) is 29.6 Å². The Morgan fingerprint density at radius 1 is 1.06 bits per heavy atom. The standard InChI is InChI=1S/C24H34N6O.2ClH/c1-3-4-13-26-24(31)23-28-18-12-11-16(2)15-17(18)22(30-23)29-20-9-6-5-8-19(20)27-21-10-7-14-25-21;;/h11-12,15,19-20H,3-10,13-14H2,1-2H3,(H,25,27)(H,26,31)(H,28,29,30);2*1H/t19-,20+;;/m1../s1. The van der Waals surface area contributed by atoms with Gasteiger partial charge >= 0.3 is 0 Å². The summed E-state index contributed by atoms with van der Waals surface area (Å²) in [4.78, 5) is 26.5. The molecule has 0 saturated heterocycles. The number of nitrogens with one attached hydrogen (secondary N) is 3. The number of aliphatic imine (C=N–C) groups is 1. The average molecular weight is 495 g/mol. The van der Waals surface area contributed by atoms with E-state index in [9.17, 15) is 4.79 Å². The fraction of sp³-hybridized carbons (Fsp3) is 0.583. The molecule has 2 atom stereocenters. The number of aryl methyl sites for hydroxylation is 1. The van der Waals surface area contributed by atoms with E-state index >= 15 is 0 Å². The zero-order valence-electron chi connectivity index (χ0n) is 19.5. The van der Waals surface area contributed by atoms with E-state index < -0.39 is 0 Å². The number of fused-ring (bicyclic) bond motifs is 1. The molecule has 0 radical (unpaired) electrons. The van der Waals surface area contributed by atoms with Crippen molar-refractivity contribution in [2.45, 2.75) is 77.3 Å². The van der Waals surface area contributed by atoms with Crippen molar-refractivity contribution in [1.29, 1.82) is 0 Å². The first-order chi connectivity index (χ1) is 15.1. The lowest BCUT2D eigenvalue weighted by Crippen LogP contribution is -2.48. The fourth-order valence-electron chi connectivity index (χ4n) is 4.43. The summed E-state index contributed by atoms with van der Waals surface area (Å²) in [6, 6.07) is 6.67. The molecule has 3 N–H and O–H groups in total. The molecule has 1 aromatic heterocycles. The molecule has 33 heavy (non-hydrogen) atoms. The average Bonchev–Trinajstić information content (AvgIpc) is 3.28. The molecule has 1 amide bonds. The van der Waals surface area contributed by atoms with Crippen LogP contribution >= 0.6 is 24.8 Å². The van der Waals surface area contributed by atoms with Gasteiger partial charge in [-0.05, 0) is 44.7 Å². The molecule has 2 aromatic rings. The van der Waals surface area contributed by atoms with Crippen LogP contribution in [-0.2, 0) is 0 Å². The van der Waals surface area contributed by atoms with Crippen molar-refractivity contribution >= 4 is 53.3 Å². The van der Waals surface area contributed by atoms with E-state index in [0.29, 0.717) is 12.6 Å². The molecule has 0 bridgehead atoms. The van der Waals surface area contributed by atoms with Gasteiger partial charge in [0, 0.05) is 37.0 Å². The molecular formula is C24H36Cl2N6O. The first-order valence-corrected chi connectivity index (χ1v) is 11.8. The van der Waals surface area contributed by atoms with Gasteiger partial charge in [-0.3, -0.25) is 9.79 Å². The zero-order valence-corrected chi connectivity index (χ0v) is 21.2. The summed E-state index contributed by atoms with van der Waals surface area (Å²) in [6.45, 7) is 5.75. The molecule has 2 heterocycles. The van der Waals surface area contributed by atoms with Crippen LogP contribution in [0.1, 0.15) is 74.5 Å². The minimum Gasteiger partial charge on any atom is -0.369 e. The predicted molar refractivity (Wildman–Crippen MR) is 140 cm³/mol. The number of nitrogens with zero attached hydrogens (tertiary/aromatic N) is 3. The van der Waals surface area contributed by atoms with Gasteiger partial charge in [-0.1, -0.05) is 37.8 Å². The summed E-state index contributed by atoms with van der Waals surface area (Å²) in [7, 11) is 0. The highest BCUT2D eigenvalue weighted by Crippen LogP contribution is 2.27. The van der Waals surface area contributed by atoms with Crippen molar-refractivity contribution in [3.63, 3.8) is 0 Å². The highest BCUT2D eigenvalue weighted by molar-refractivity contribution is 5.96. The first kappa shape index (κ1) is 27.1. The highest BCUT2D eigenvalue weighted by atomic mass is 35.5. The van der Waals surface area contributed by atoms with E-state index in [1.807, 2.05) is 12.1 Å². The molecule has 9 heteroatoms. The van der Waals surface area contributed by atoms with Gasteiger partial charge in [-0.25, -0.2) is 9.97 Å². The van der Waals surface area contributed by atoms with E-state index in [4.69, 9.17) is 0 Å². The topological polar surface area (TPSA) is 91.3 Å². The van der Waals surface area contributed by atoms with Gasteiger partial charge in [-0.2, -0.15) is 0 Å². The SMILES string of the molecule is CCCCNC(=O)c1nc(N[C@H]2CCCC[C@H]2NC2=NCCC2)c2cc(C)ccc2n1.Cl.Cl. The van der Waals surface area contributed by atoms with E-state index in [1.54, 1.807) is 0 Å². The second-order valence-electron chi connectivity index (χ2n) is 8.74. The Balaban J connectivity index is 0.00000193. The lowest BCUT2D eigenvalue weighted by atomic mass is 9.90. The number of hydrogen-bond donors (Lipinski definition) is 3. The second-order valence-corrected chi connectivity index (χ2v) is 8.74. The number of unbranched alkanes of at least 4 members (excludes halogenated alkanes) is 1. The third kappa shape index (κ3) is 6.93. The smallest absolute Gasteiger partial charge is 0.289 e. The Hall–Kier alpha value is -2.12. The molecule has 0 unspecified atom stereocenters. The molecular weight excluding hydrogens is 459 g/mol. The van der Waals surface area contributed by atoms with Gasteiger partial charge in [-0.15, -0.1) is 24.8 Å². The maximum absolute atomic E-state index is 12.7.